The Morgan fingerprint density at radius 1 is 1.17 bits per heavy atom. The van der Waals surface area contributed by atoms with Crippen molar-refractivity contribution in [2.45, 2.75) is 39.2 Å². The molecule has 0 N–H and O–H groups in total. The number of piperazine rings is 1. The molecule has 1 aromatic rings. The van der Waals surface area contributed by atoms with Crippen molar-refractivity contribution in [2.24, 2.45) is 0 Å². The van der Waals surface area contributed by atoms with Gasteiger partial charge >= 0.3 is 0 Å². The van der Waals surface area contributed by atoms with Crippen LogP contribution in [0.2, 0.25) is 0 Å². The van der Waals surface area contributed by atoms with Crippen LogP contribution in [0.25, 0.3) is 0 Å². The molecule has 0 bridgehead atoms. The van der Waals surface area contributed by atoms with Gasteiger partial charge in [-0.2, -0.15) is 5.26 Å². The molecule has 2 rings (SSSR count). The fourth-order valence-corrected chi connectivity index (χ4v) is 2.84. The molecule has 5 heteroatoms. The van der Waals surface area contributed by atoms with Crippen LogP contribution in [-0.2, 0) is 4.79 Å². The lowest BCUT2D eigenvalue weighted by Gasteiger charge is -2.35. The first-order valence-electron chi connectivity index (χ1n) is 8.66. The summed E-state index contributed by atoms with van der Waals surface area (Å²) >= 11 is 0. The molecule has 1 saturated heterocycles. The third kappa shape index (κ3) is 4.97. The molecular formula is C19H27N3O2. The first kappa shape index (κ1) is 18.3. The standard InChI is InChI=1S/C19H27N3O2/c1-15(2)17-5-7-18(8-6-17)24-16(3)19(23)22-13-11-21(12-14-22)10-4-9-20/h5-8,15-16H,4,10-14H2,1-3H3. The van der Waals surface area contributed by atoms with Gasteiger partial charge in [0.15, 0.2) is 6.10 Å². The maximum Gasteiger partial charge on any atom is 0.263 e. The van der Waals surface area contributed by atoms with Crippen LogP contribution in [-0.4, -0.2) is 54.5 Å². The fraction of sp³-hybridized carbons (Fsp3) is 0.579. The van der Waals surface area contributed by atoms with Crippen LogP contribution in [0.15, 0.2) is 24.3 Å². The molecule has 0 spiro atoms. The van der Waals surface area contributed by atoms with E-state index < -0.39 is 6.10 Å². The van der Waals surface area contributed by atoms with Gasteiger partial charge in [-0.05, 0) is 30.5 Å². The molecule has 0 radical (unpaired) electrons. The molecule has 1 amide bonds. The monoisotopic (exact) mass is 329 g/mol. The van der Waals surface area contributed by atoms with E-state index in [-0.39, 0.29) is 5.91 Å². The molecule has 130 valence electrons. The second-order valence-electron chi connectivity index (χ2n) is 6.56. The second-order valence-corrected chi connectivity index (χ2v) is 6.56. The zero-order chi connectivity index (χ0) is 17.5. The number of carbonyl (C=O) groups is 1. The first-order chi connectivity index (χ1) is 11.5. The summed E-state index contributed by atoms with van der Waals surface area (Å²) in [6.45, 7) is 9.94. The van der Waals surface area contributed by atoms with Crippen molar-refractivity contribution in [1.82, 2.24) is 9.80 Å². The number of ether oxygens (including phenoxy) is 1. The summed E-state index contributed by atoms with van der Waals surface area (Å²) in [6.07, 6.45) is 0.0559. The molecular weight excluding hydrogens is 302 g/mol. The van der Waals surface area contributed by atoms with E-state index in [1.165, 1.54) is 5.56 Å². The van der Waals surface area contributed by atoms with Gasteiger partial charge in [0, 0.05) is 39.1 Å². The largest absolute Gasteiger partial charge is 0.481 e. The third-order valence-electron chi connectivity index (χ3n) is 4.43. The van der Waals surface area contributed by atoms with Crippen molar-refractivity contribution in [3.63, 3.8) is 0 Å². The van der Waals surface area contributed by atoms with Crippen molar-refractivity contribution in [3.8, 4) is 11.8 Å². The van der Waals surface area contributed by atoms with Crippen molar-refractivity contribution in [1.29, 1.82) is 5.26 Å². The van der Waals surface area contributed by atoms with Crippen LogP contribution in [0.3, 0.4) is 0 Å². The lowest BCUT2D eigenvalue weighted by molar-refractivity contribution is -0.139. The maximum absolute atomic E-state index is 12.5. The van der Waals surface area contributed by atoms with Gasteiger partial charge in [0.25, 0.3) is 5.91 Å². The quantitative estimate of drug-likeness (QED) is 0.805. The van der Waals surface area contributed by atoms with Crippen LogP contribution < -0.4 is 4.74 Å². The summed E-state index contributed by atoms with van der Waals surface area (Å²) < 4.78 is 5.81. The van der Waals surface area contributed by atoms with E-state index in [1.54, 1.807) is 6.92 Å². The average molecular weight is 329 g/mol. The molecule has 1 heterocycles. The lowest BCUT2D eigenvalue weighted by Crippen LogP contribution is -2.51. The van der Waals surface area contributed by atoms with Crippen molar-refractivity contribution in [2.75, 3.05) is 32.7 Å². The highest BCUT2D eigenvalue weighted by atomic mass is 16.5. The van der Waals surface area contributed by atoms with E-state index in [1.807, 2.05) is 29.2 Å². The minimum Gasteiger partial charge on any atom is -0.481 e. The number of nitrogens with zero attached hydrogens (tertiary/aromatic N) is 3. The molecule has 5 nitrogen and oxygen atoms in total. The predicted molar refractivity (Wildman–Crippen MR) is 93.9 cm³/mol. The molecule has 1 atom stereocenters. The van der Waals surface area contributed by atoms with Crippen LogP contribution in [0.5, 0.6) is 5.75 Å². The molecule has 0 saturated carbocycles. The summed E-state index contributed by atoms with van der Waals surface area (Å²) in [7, 11) is 0. The Hall–Kier alpha value is -2.06. The molecule has 0 aliphatic carbocycles. The van der Waals surface area contributed by atoms with Crippen LogP contribution in [0.1, 0.15) is 38.7 Å². The predicted octanol–water partition coefficient (Wildman–Crippen LogP) is 2.64. The molecule has 1 aliphatic rings. The molecule has 1 aliphatic heterocycles. The van der Waals surface area contributed by atoms with Crippen LogP contribution >= 0.6 is 0 Å². The van der Waals surface area contributed by atoms with Gasteiger partial charge in [-0.1, -0.05) is 26.0 Å². The van der Waals surface area contributed by atoms with Crippen molar-refractivity contribution < 1.29 is 9.53 Å². The van der Waals surface area contributed by atoms with E-state index in [2.05, 4.69) is 24.8 Å². The zero-order valence-corrected chi connectivity index (χ0v) is 14.9. The van der Waals surface area contributed by atoms with Crippen LogP contribution in [0.4, 0.5) is 0 Å². The van der Waals surface area contributed by atoms with E-state index in [9.17, 15) is 4.79 Å². The van der Waals surface area contributed by atoms with Gasteiger partial charge in [-0.15, -0.1) is 0 Å². The Morgan fingerprint density at radius 3 is 2.33 bits per heavy atom. The Bertz CT molecular complexity index is 569. The second kappa shape index (κ2) is 8.70. The van der Waals surface area contributed by atoms with E-state index in [0.29, 0.717) is 25.4 Å². The van der Waals surface area contributed by atoms with E-state index in [4.69, 9.17) is 10.00 Å². The molecule has 1 unspecified atom stereocenters. The van der Waals surface area contributed by atoms with Gasteiger partial charge in [0.1, 0.15) is 5.75 Å². The number of rotatable bonds is 6. The highest BCUT2D eigenvalue weighted by Gasteiger charge is 2.25. The van der Waals surface area contributed by atoms with Gasteiger partial charge in [0.05, 0.1) is 6.07 Å². The molecule has 0 aromatic heterocycles. The smallest absolute Gasteiger partial charge is 0.263 e. The Balaban J connectivity index is 1.83. The number of hydrogen-bond donors (Lipinski definition) is 0. The highest BCUT2D eigenvalue weighted by molar-refractivity contribution is 5.81. The summed E-state index contributed by atoms with van der Waals surface area (Å²) in [4.78, 5) is 16.6. The van der Waals surface area contributed by atoms with Gasteiger partial charge < -0.3 is 9.64 Å². The average Bonchev–Trinajstić information content (AvgIpc) is 2.60. The Labute approximate surface area is 144 Å². The number of amides is 1. The Morgan fingerprint density at radius 2 is 1.79 bits per heavy atom. The van der Waals surface area contributed by atoms with Gasteiger partial charge in [0.2, 0.25) is 0 Å². The number of benzene rings is 1. The summed E-state index contributed by atoms with van der Waals surface area (Å²) in [6, 6.07) is 10.1. The summed E-state index contributed by atoms with van der Waals surface area (Å²) in [5.74, 6) is 1.24. The molecule has 24 heavy (non-hydrogen) atoms. The number of carbonyl (C=O) groups excluding carboxylic acids is 1. The molecule has 1 fully saturated rings. The highest BCUT2D eigenvalue weighted by Crippen LogP contribution is 2.20. The van der Waals surface area contributed by atoms with Crippen LogP contribution in [0, 0.1) is 11.3 Å². The minimum absolute atomic E-state index is 0.0304. The minimum atomic E-state index is -0.486. The Kier molecular flexibility index (Phi) is 6.62. The normalized spacial score (nSPS) is 16.7. The third-order valence-corrected chi connectivity index (χ3v) is 4.43. The number of hydrogen-bond acceptors (Lipinski definition) is 4. The topological polar surface area (TPSA) is 56.6 Å². The molecule has 1 aromatic carbocycles. The number of nitriles is 1. The fourth-order valence-electron chi connectivity index (χ4n) is 2.84. The van der Waals surface area contributed by atoms with Crippen molar-refractivity contribution >= 4 is 5.91 Å². The summed E-state index contributed by atoms with van der Waals surface area (Å²) in [5, 5.41) is 8.64. The SMILES string of the molecule is CC(Oc1ccc(C(C)C)cc1)C(=O)N1CCN(CCC#N)CC1. The van der Waals surface area contributed by atoms with Gasteiger partial charge in [-0.3, -0.25) is 9.69 Å². The van der Waals surface area contributed by atoms with Gasteiger partial charge in [-0.25, -0.2) is 0 Å². The van der Waals surface area contributed by atoms with E-state index >= 15 is 0 Å². The van der Waals surface area contributed by atoms with E-state index in [0.717, 1.165) is 25.4 Å². The summed E-state index contributed by atoms with van der Waals surface area (Å²) in [5.41, 5.74) is 1.26. The zero-order valence-electron chi connectivity index (χ0n) is 14.9. The lowest BCUT2D eigenvalue weighted by atomic mass is 10.0. The van der Waals surface area contributed by atoms with Crippen molar-refractivity contribution in [3.05, 3.63) is 29.8 Å². The first-order valence-corrected chi connectivity index (χ1v) is 8.66. The maximum atomic E-state index is 12.5.